The second-order valence-corrected chi connectivity index (χ2v) is 27.0. The summed E-state index contributed by atoms with van der Waals surface area (Å²) in [5.74, 6) is -2.41. The van der Waals surface area contributed by atoms with E-state index in [0.717, 1.165) is 167 Å². The summed E-state index contributed by atoms with van der Waals surface area (Å²) in [5, 5.41) is 10.6. The molecular formula is C81H130O17P2. The van der Waals surface area contributed by atoms with Gasteiger partial charge in [-0.15, -0.1) is 0 Å². The maximum atomic E-state index is 13.1. The Morgan fingerprint density at radius 1 is 0.300 bits per heavy atom. The zero-order valence-electron chi connectivity index (χ0n) is 61.5. The van der Waals surface area contributed by atoms with E-state index in [9.17, 15) is 43.2 Å². The van der Waals surface area contributed by atoms with Crippen molar-refractivity contribution in [2.24, 2.45) is 0 Å². The minimum absolute atomic E-state index is 0.0700. The van der Waals surface area contributed by atoms with Crippen molar-refractivity contribution in [2.45, 2.75) is 277 Å². The fourth-order valence-electron chi connectivity index (χ4n) is 9.08. The maximum absolute atomic E-state index is 13.1. The Morgan fingerprint density at radius 2 is 0.560 bits per heavy atom. The zero-order chi connectivity index (χ0) is 73.2. The highest BCUT2D eigenvalue weighted by Gasteiger charge is 2.30. The molecule has 17 nitrogen and oxygen atoms in total. The van der Waals surface area contributed by atoms with Crippen molar-refractivity contribution in [1.29, 1.82) is 0 Å². The molecule has 0 bridgehead atoms. The third-order valence-corrected chi connectivity index (χ3v) is 16.6. The summed E-state index contributed by atoms with van der Waals surface area (Å²) < 4.78 is 68.2. The number of carbonyl (C=O) groups excluding carboxylic acids is 4. The summed E-state index contributed by atoms with van der Waals surface area (Å²) in [5.41, 5.74) is 0. The summed E-state index contributed by atoms with van der Waals surface area (Å²) in [6.07, 6.45) is 83.9. The molecule has 0 aromatic heterocycles. The van der Waals surface area contributed by atoms with Gasteiger partial charge >= 0.3 is 39.5 Å². The lowest BCUT2D eigenvalue weighted by Gasteiger charge is -2.21. The molecule has 0 saturated carbocycles. The second kappa shape index (κ2) is 71.8. The number of allylic oxidation sites excluding steroid dienone is 27. The molecule has 0 spiro atoms. The number of phosphoric acid groups is 2. The van der Waals surface area contributed by atoms with Crippen LogP contribution in [0.15, 0.2) is 170 Å². The van der Waals surface area contributed by atoms with Crippen LogP contribution in [0.1, 0.15) is 259 Å². The Morgan fingerprint density at radius 3 is 0.900 bits per heavy atom. The highest BCUT2D eigenvalue weighted by atomic mass is 31.2. The fourth-order valence-corrected chi connectivity index (χ4v) is 10.7. The molecule has 3 N–H and O–H groups in total. The van der Waals surface area contributed by atoms with E-state index in [-0.39, 0.29) is 25.7 Å². The number of aliphatic hydroxyl groups excluding tert-OH is 1. The van der Waals surface area contributed by atoms with Crippen LogP contribution >= 0.6 is 15.6 Å². The van der Waals surface area contributed by atoms with Gasteiger partial charge in [0.05, 0.1) is 32.8 Å². The van der Waals surface area contributed by atoms with E-state index in [2.05, 4.69) is 174 Å². The maximum Gasteiger partial charge on any atom is 0.472 e. The molecule has 0 radical (unpaired) electrons. The lowest BCUT2D eigenvalue weighted by Crippen LogP contribution is -2.30. The number of phosphoric ester groups is 2. The molecule has 0 aromatic rings. The van der Waals surface area contributed by atoms with Crippen molar-refractivity contribution in [3.63, 3.8) is 0 Å². The monoisotopic (exact) mass is 1440 g/mol. The topological polar surface area (TPSA) is 237 Å². The predicted octanol–water partition coefficient (Wildman–Crippen LogP) is 21.4. The number of aliphatic hydroxyl groups is 1. The number of ether oxygens (including phenoxy) is 4. The molecule has 0 aliphatic carbocycles. The van der Waals surface area contributed by atoms with E-state index in [1.165, 1.54) is 12.8 Å². The number of hydrogen-bond donors (Lipinski definition) is 3. The Labute approximate surface area is 603 Å². The summed E-state index contributed by atoms with van der Waals surface area (Å²) in [6.45, 7) is 4.27. The SMILES string of the molecule is CC/C=C\C/C=C\C/C=C\C/C=C\C/C=C\CC(=O)OC(COC(=O)CCCCCC/C=C\C/C=C\C/C=C\C/C=C\CC)COP(=O)(O)OCC(O)COP(=O)(O)OCC(COC(=O)CCCCCC/C=C\C/C=C\C/C=C\C/C=C\CC)OC(=O)CCCCCCC/C=C\CCCC. The van der Waals surface area contributed by atoms with Gasteiger partial charge in [-0.2, -0.15) is 0 Å². The van der Waals surface area contributed by atoms with Gasteiger partial charge in [0.15, 0.2) is 12.2 Å². The molecule has 100 heavy (non-hydrogen) atoms. The van der Waals surface area contributed by atoms with Crippen molar-refractivity contribution in [1.82, 2.24) is 0 Å². The smallest absolute Gasteiger partial charge is 0.462 e. The number of rotatable bonds is 68. The van der Waals surface area contributed by atoms with Crippen LogP contribution in [0.5, 0.6) is 0 Å². The van der Waals surface area contributed by atoms with Crippen LogP contribution in [0.25, 0.3) is 0 Å². The van der Waals surface area contributed by atoms with Crippen molar-refractivity contribution < 1.29 is 80.2 Å². The molecule has 566 valence electrons. The Kier molecular flexibility index (Phi) is 67.8. The van der Waals surface area contributed by atoms with Crippen LogP contribution in [0.2, 0.25) is 0 Å². The first-order valence-electron chi connectivity index (χ1n) is 37.4. The third kappa shape index (κ3) is 70.8. The average Bonchev–Trinajstić information content (AvgIpc) is 1.02. The third-order valence-electron chi connectivity index (χ3n) is 14.7. The van der Waals surface area contributed by atoms with E-state index < -0.39 is 97.5 Å². The minimum atomic E-state index is -5.01. The molecule has 19 heteroatoms. The average molecular weight is 1440 g/mol. The van der Waals surface area contributed by atoms with Crippen molar-refractivity contribution in [2.75, 3.05) is 39.6 Å². The van der Waals surface area contributed by atoms with E-state index >= 15 is 0 Å². The van der Waals surface area contributed by atoms with E-state index in [0.29, 0.717) is 25.7 Å². The van der Waals surface area contributed by atoms with Crippen molar-refractivity contribution in [3.05, 3.63) is 170 Å². The van der Waals surface area contributed by atoms with Crippen LogP contribution in [-0.2, 0) is 65.4 Å². The first-order chi connectivity index (χ1) is 48.7. The van der Waals surface area contributed by atoms with Crippen LogP contribution < -0.4 is 0 Å². The van der Waals surface area contributed by atoms with Crippen molar-refractivity contribution >= 4 is 39.5 Å². The molecular weight excluding hydrogens is 1310 g/mol. The molecule has 0 amide bonds. The van der Waals surface area contributed by atoms with Crippen LogP contribution in [0, 0.1) is 0 Å². The van der Waals surface area contributed by atoms with Crippen LogP contribution in [0.3, 0.4) is 0 Å². The number of hydrogen-bond acceptors (Lipinski definition) is 15. The fraction of sp³-hybridized carbons (Fsp3) is 0.605. The van der Waals surface area contributed by atoms with Gasteiger partial charge in [0, 0.05) is 19.3 Å². The van der Waals surface area contributed by atoms with Crippen LogP contribution in [-0.4, -0.2) is 96.7 Å². The van der Waals surface area contributed by atoms with Gasteiger partial charge in [-0.05, 0) is 148 Å². The van der Waals surface area contributed by atoms with E-state index in [4.69, 9.17) is 37.0 Å². The van der Waals surface area contributed by atoms with Crippen molar-refractivity contribution in [3.8, 4) is 0 Å². The largest absolute Gasteiger partial charge is 0.472 e. The molecule has 0 heterocycles. The first kappa shape index (κ1) is 94.4. The van der Waals surface area contributed by atoms with Crippen LogP contribution in [0.4, 0.5) is 0 Å². The summed E-state index contributed by atoms with van der Waals surface area (Å²) in [4.78, 5) is 72.7. The number of carbonyl (C=O) groups is 4. The van der Waals surface area contributed by atoms with Gasteiger partial charge in [-0.1, -0.05) is 256 Å². The Balaban J connectivity index is 5.46. The quantitative estimate of drug-likeness (QED) is 0.0169. The van der Waals surface area contributed by atoms with Gasteiger partial charge in [-0.25, -0.2) is 9.13 Å². The van der Waals surface area contributed by atoms with Gasteiger partial charge in [-0.3, -0.25) is 37.3 Å². The normalized spacial score (nSPS) is 14.9. The zero-order valence-corrected chi connectivity index (χ0v) is 63.3. The highest BCUT2D eigenvalue weighted by molar-refractivity contribution is 7.47. The number of esters is 4. The molecule has 0 fully saturated rings. The molecule has 5 atom stereocenters. The first-order valence-corrected chi connectivity index (χ1v) is 40.4. The minimum Gasteiger partial charge on any atom is -0.462 e. The molecule has 5 unspecified atom stereocenters. The molecule has 0 aliphatic rings. The van der Waals surface area contributed by atoms with E-state index in [1.807, 2.05) is 12.2 Å². The second-order valence-electron chi connectivity index (χ2n) is 24.1. The summed E-state index contributed by atoms with van der Waals surface area (Å²) in [6, 6.07) is 0. The highest BCUT2D eigenvalue weighted by Crippen LogP contribution is 2.45. The van der Waals surface area contributed by atoms with Gasteiger partial charge in [0.1, 0.15) is 19.3 Å². The van der Waals surface area contributed by atoms with Gasteiger partial charge < -0.3 is 33.8 Å². The molecule has 0 aromatic carbocycles. The molecule has 0 saturated heterocycles. The van der Waals surface area contributed by atoms with Gasteiger partial charge in [0.25, 0.3) is 0 Å². The van der Waals surface area contributed by atoms with E-state index in [1.54, 1.807) is 12.2 Å². The van der Waals surface area contributed by atoms with Gasteiger partial charge in [0.2, 0.25) is 0 Å². The lowest BCUT2D eigenvalue weighted by molar-refractivity contribution is -0.161. The Bertz CT molecular complexity index is 2570. The molecule has 0 aliphatic heterocycles. The summed E-state index contributed by atoms with van der Waals surface area (Å²) in [7, 11) is -10.0. The lowest BCUT2D eigenvalue weighted by atomic mass is 10.1. The summed E-state index contributed by atoms with van der Waals surface area (Å²) >= 11 is 0. The Hall–Kier alpha value is -5.58. The number of unbranched alkanes of at least 4 members (excludes halogenated alkanes) is 15. The predicted molar refractivity (Wildman–Crippen MR) is 408 cm³/mol. The molecule has 0 rings (SSSR count). The standard InChI is InChI=1S/C81H130O17P2/c1-5-9-13-17-21-25-29-32-35-37-40-42-46-49-53-57-61-65-78(83)91-71-76(97-80(85)67-63-59-55-51-45-28-24-20-16-12-8-4)73-95-99(87,88)93-69-75(82)70-94-100(89,90)96-74-77(98-81(86)68-64-60-56-52-48-44-39-34-31-27-23-19-15-11-7-3)72-92-79(84)66-62-58-54-50-47-43-41-38-36-33-30-26-22-18-14-10-6-2/h9-11,13-15,20-27,32-36,39-43,48,52,60,64,75-77,82H,5-8,12,16-19,28-31,37-38,44-47,49-51,53-59,61-63,65-74H2,1-4H3,(H,87,88)(H,89,90)/b13-9-,14-10-,15-11-,24-20-,25-21-,26-22-,27-23-,35-32-,36-33-,39-34-,42-40-,43-41-,52-48-,64-60-.